The summed E-state index contributed by atoms with van der Waals surface area (Å²) in [5.74, 6) is 0. The van der Waals surface area contributed by atoms with Crippen LogP contribution in [0.3, 0.4) is 0 Å². The van der Waals surface area contributed by atoms with Gasteiger partial charge in [0.25, 0.3) is 0 Å². The topological polar surface area (TPSA) is 12.0 Å². The van der Waals surface area contributed by atoms with Gasteiger partial charge in [0, 0.05) is 21.6 Å². The van der Waals surface area contributed by atoms with Gasteiger partial charge in [0.1, 0.15) is 0 Å². The first-order valence-electron chi connectivity index (χ1n) is 6.28. The lowest BCUT2D eigenvalue weighted by molar-refractivity contribution is 0.240. The van der Waals surface area contributed by atoms with E-state index in [0.29, 0.717) is 5.41 Å². The van der Waals surface area contributed by atoms with Gasteiger partial charge in [0.05, 0.1) is 0 Å². The van der Waals surface area contributed by atoms with Crippen LogP contribution >= 0.6 is 27.5 Å². The maximum absolute atomic E-state index is 6.02. The molecule has 102 valence electrons. The van der Waals surface area contributed by atoms with Gasteiger partial charge in [0.2, 0.25) is 0 Å². The SMILES string of the molecule is CC(C)(C)CC(C)(C)NCc1cc(Cl)ccc1Br. The fourth-order valence-corrected chi connectivity index (χ4v) is 2.98. The molecule has 18 heavy (non-hydrogen) atoms. The normalized spacial score (nSPS) is 12.8. The van der Waals surface area contributed by atoms with Crippen LogP contribution in [-0.2, 0) is 6.54 Å². The Bertz CT molecular complexity index is 407. The predicted molar refractivity (Wildman–Crippen MR) is 84.1 cm³/mol. The molecule has 1 N–H and O–H groups in total. The minimum Gasteiger partial charge on any atom is -0.308 e. The molecule has 0 saturated carbocycles. The van der Waals surface area contributed by atoms with Gasteiger partial charge in [-0.3, -0.25) is 0 Å². The molecule has 0 heterocycles. The first kappa shape index (κ1) is 16.0. The summed E-state index contributed by atoms with van der Waals surface area (Å²) >= 11 is 9.59. The summed E-state index contributed by atoms with van der Waals surface area (Å²) in [6, 6.07) is 5.90. The summed E-state index contributed by atoms with van der Waals surface area (Å²) in [6.45, 7) is 12.1. The van der Waals surface area contributed by atoms with Crippen molar-refractivity contribution in [2.45, 2.75) is 53.1 Å². The zero-order valence-corrected chi connectivity index (χ0v) is 14.2. The highest BCUT2D eigenvalue weighted by Gasteiger charge is 2.24. The largest absolute Gasteiger partial charge is 0.308 e. The summed E-state index contributed by atoms with van der Waals surface area (Å²) in [4.78, 5) is 0. The summed E-state index contributed by atoms with van der Waals surface area (Å²) in [5, 5.41) is 4.39. The Balaban J connectivity index is 2.67. The molecule has 1 aromatic rings. The number of halogens is 2. The first-order chi connectivity index (χ1) is 8.09. The molecule has 0 aliphatic carbocycles. The van der Waals surface area contributed by atoms with Crippen molar-refractivity contribution in [3.8, 4) is 0 Å². The minimum atomic E-state index is 0.111. The van der Waals surface area contributed by atoms with Crippen molar-refractivity contribution >= 4 is 27.5 Å². The molecule has 1 rings (SSSR count). The molecule has 0 saturated heterocycles. The highest BCUT2D eigenvalue weighted by atomic mass is 79.9. The summed E-state index contributed by atoms with van der Waals surface area (Å²) in [5.41, 5.74) is 1.63. The van der Waals surface area contributed by atoms with Crippen molar-refractivity contribution in [1.29, 1.82) is 0 Å². The van der Waals surface area contributed by atoms with Crippen molar-refractivity contribution in [1.82, 2.24) is 5.32 Å². The van der Waals surface area contributed by atoms with Crippen LogP contribution in [0.5, 0.6) is 0 Å². The van der Waals surface area contributed by atoms with Gasteiger partial charge in [-0.1, -0.05) is 48.3 Å². The van der Waals surface area contributed by atoms with E-state index in [9.17, 15) is 0 Å². The molecule has 3 heteroatoms. The summed E-state index contributed by atoms with van der Waals surface area (Å²) in [7, 11) is 0. The van der Waals surface area contributed by atoms with Crippen LogP contribution in [0.2, 0.25) is 5.02 Å². The predicted octanol–water partition coefficient (Wildman–Crippen LogP) is 5.41. The summed E-state index contributed by atoms with van der Waals surface area (Å²) in [6.07, 6.45) is 1.12. The molecule has 0 aliphatic rings. The van der Waals surface area contributed by atoms with Crippen molar-refractivity contribution in [2.24, 2.45) is 5.41 Å². The Labute approximate surface area is 124 Å². The average Bonchev–Trinajstić information content (AvgIpc) is 2.16. The van der Waals surface area contributed by atoms with Crippen molar-refractivity contribution in [3.05, 3.63) is 33.3 Å². The van der Waals surface area contributed by atoms with Crippen LogP contribution < -0.4 is 5.32 Å². The van der Waals surface area contributed by atoms with Crippen molar-refractivity contribution < 1.29 is 0 Å². The number of nitrogens with one attached hydrogen (secondary N) is 1. The van der Waals surface area contributed by atoms with E-state index in [0.717, 1.165) is 22.5 Å². The third-order valence-corrected chi connectivity index (χ3v) is 3.75. The first-order valence-corrected chi connectivity index (χ1v) is 7.45. The van der Waals surface area contributed by atoms with E-state index in [1.54, 1.807) is 0 Å². The lowest BCUT2D eigenvalue weighted by Crippen LogP contribution is -2.41. The Hall–Kier alpha value is -0.0500. The highest BCUT2D eigenvalue weighted by Crippen LogP contribution is 2.28. The third-order valence-electron chi connectivity index (χ3n) is 2.74. The second-order valence-electron chi connectivity index (χ2n) is 6.71. The molecule has 0 fully saturated rings. The standard InChI is InChI=1S/C15H23BrClN/c1-14(2,3)10-15(4,5)18-9-11-8-12(17)6-7-13(11)16/h6-8,18H,9-10H2,1-5H3. The van der Waals surface area contributed by atoms with E-state index < -0.39 is 0 Å². The van der Waals surface area contributed by atoms with Crippen LogP contribution in [0.1, 0.15) is 46.6 Å². The lowest BCUT2D eigenvalue weighted by atomic mass is 9.82. The van der Waals surface area contributed by atoms with E-state index in [1.807, 2.05) is 18.2 Å². The van der Waals surface area contributed by atoms with Crippen molar-refractivity contribution in [3.63, 3.8) is 0 Å². The molecule has 0 spiro atoms. The Kier molecular flexibility index (Phi) is 5.28. The third kappa shape index (κ3) is 5.73. The maximum Gasteiger partial charge on any atom is 0.0410 e. The number of rotatable bonds is 4. The molecule has 0 unspecified atom stereocenters. The van der Waals surface area contributed by atoms with E-state index in [1.165, 1.54) is 5.56 Å². The summed E-state index contributed by atoms with van der Waals surface area (Å²) < 4.78 is 1.10. The van der Waals surface area contributed by atoms with Gasteiger partial charge < -0.3 is 5.32 Å². The fraction of sp³-hybridized carbons (Fsp3) is 0.600. The van der Waals surface area contributed by atoms with Crippen molar-refractivity contribution in [2.75, 3.05) is 0 Å². The molecule has 0 atom stereocenters. The van der Waals surface area contributed by atoms with Crippen LogP contribution in [-0.4, -0.2) is 5.54 Å². The second kappa shape index (κ2) is 5.94. The van der Waals surface area contributed by atoms with E-state index in [2.05, 4.69) is 55.9 Å². The fourth-order valence-electron chi connectivity index (χ4n) is 2.40. The monoisotopic (exact) mass is 331 g/mol. The van der Waals surface area contributed by atoms with Gasteiger partial charge in [0.15, 0.2) is 0 Å². The van der Waals surface area contributed by atoms with E-state index in [-0.39, 0.29) is 5.54 Å². The average molecular weight is 333 g/mol. The van der Waals surface area contributed by atoms with Gasteiger partial charge in [-0.05, 0) is 49.4 Å². The molecule has 0 bridgehead atoms. The van der Waals surface area contributed by atoms with Gasteiger partial charge in [-0.2, -0.15) is 0 Å². The van der Waals surface area contributed by atoms with Gasteiger partial charge >= 0.3 is 0 Å². The maximum atomic E-state index is 6.02. The highest BCUT2D eigenvalue weighted by molar-refractivity contribution is 9.10. The molecule has 1 aromatic carbocycles. The molecule has 0 amide bonds. The molecular weight excluding hydrogens is 310 g/mol. The lowest BCUT2D eigenvalue weighted by Gasteiger charge is -2.33. The molecule has 1 nitrogen and oxygen atoms in total. The van der Waals surface area contributed by atoms with Gasteiger partial charge in [-0.25, -0.2) is 0 Å². The molecule has 0 radical (unpaired) electrons. The van der Waals surface area contributed by atoms with Crippen LogP contribution in [0.25, 0.3) is 0 Å². The second-order valence-corrected chi connectivity index (χ2v) is 8.00. The Morgan fingerprint density at radius 2 is 1.78 bits per heavy atom. The zero-order chi connectivity index (χ0) is 14.0. The zero-order valence-electron chi connectivity index (χ0n) is 11.9. The van der Waals surface area contributed by atoms with Gasteiger partial charge in [-0.15, -0.1) is 0 Å². The van der Waals surface area contributed by atoms with Crippen LogP contribution in [0, 0.1) is 5.41 Å². The minimum absolute atomic E-state index is 0.111. The Morgan fingerprint density at radius 3 is 2.33 bits per heavy atom. The molecule has 0 aromatic heterocycles. The van der Waals surface area contributed by atoms with Crippen LogP contribution in [0.4, 0.5) is 0 Å². The number of hydrogen-bond donors (Lipinski definition) is 1. The number of benzene rings is 1. The Morgan fingerprint density at radius 1 is 1.17 bits per heavy atom. The molecular formula is C15H23BrClN. The quantitative estimate of drug-likeness (QED) is 0.777. The molecule has 0 aliphatic heterocycles. The van der Waals surface area contributed by atoms with E-state index in [4.69, 9.17) is 11.6 Å². The number of hydrogen-bond acceptors (Lipinski definition) is 1. The van der Waals surface area contributed by atoms with Crippen LogP contribution in [0.15, 0.2) is 22.7 Å². The van der Waals surface area contributed by atoms with E-state index >= 15 is 0 Å². The smallest absolute Gasteiger partial charge is 0.0410 e.